The number of anilines is 2. The van der Waals surface area contributed by atoms with Crippen molar-refractivity contribution in [2.45, 2.75) is 6.92 Å². The van der Waals surface area contributed by atoms with Crippen LogP contribution < -0.4 is 20.8 Å². The maximum atomic E-state index is 13.4. The molecule has 0 saturated heterocycles. The van der Waals surface area contributed by atoms with E-state index in [2.05, 4.69) is 32.0 Å². The molecule has 4 aromatic rings. The Balaban J connectivity index is 1.59. The molecule has 1 aromatic heterocycles. The fourth-order valence-corrected chi connectivity index (χ4v) is 3.76. The van der Waals surface area contributed by atoms with Gasteiger partial charge in [-0.1, -0.05) is 22.0 Å². The van der Waals surface area contributed by atoms with Crippen LogP contribution in [0.3, 0.4) is 0 Å². The number of nitrogens with one attached hydrogen (secondary N) is 3. The van der Waals surface area contributed by atoms with Gasteiger partial charge in [-0.2, -0.15) is 0 Å². The van der Waals surface area contributed by atoms with Gasteiger partial charge in [-0.15, -0.1) is 0 Å². The largest absolute Gasteiger partial charge is 0.494 e. The van der Waals surface area contributed by atoms with Crippen molar-refractivity contribution in [1.82, 2.24) is 4.68 Å². The van der Waals surface area contributed by atoms with Crippen LogP contribution in [0, 0.1) is 5.82 Å². The van der Waals surface area contributed by atoms with E-state index in [1.54, 1.807) is 48.5 Å². The maximum absolute atomic E-state index is 13.4. The molecule has 0 aliphatic heterocycles. The highest BCUT2D eigenvalue weighted by Gasteiger charge is 2.21. The topological polar surface area (TPSA) is 101 Å². The third kappa shape index (κ3) is 5.67. The second-order valence-corrected chi connectivity index (χ2v) is 8.30. The van der Waals surface area contributed by atoms with Crippen molar-refractivity contribution in [3.63, 3.8) is 0 Å². The van der Waals surface area contributed by atoms with E-state index >= 15 is 0 Å². The molecule has 10 heteroatoms. The normalized spacial score (nSPS) is 10.6. The smallest absolute Gasteiger partial charge is 0.328 e. The Kier molecular flexibility index (Phi) is 7.11. The van der Waals surface area contributed by atoms with Crippen molar-refractivity contribution in [2.24, 2.45) is 0 Å². The summed E-state index contributed by atoms with van der Waals surface area (Å²) in [6.45, 7) is 2.40. The average Bonchev–Trinajstić information content (AvgIpc) is 3.18. The predicted octanol–water partition coefficient (Wildman–Crippen LogP) is 4.90. The van der Waals surface area contributed by atoms with Crippen LogP contribution in [0.5, 0.6) is 5.75 Å². The summed E-state index contributed by atoms with van der Waals surface area (Å²) in [6, 6.07) is 18.8. The molecule has 0 saturated carbocycles. The molecule has 4 rings (SSSR count). The zero-order valence-corrected chi connectivity index (χ0v) is 20.1. The summed E-state index contributed by atoms with van der Waals surface area (Å²) < 4.78 is 20.8. The van der Waals surface area contributed by atoms with E-state index in [1.807, 2.05) is 6.92 Å². The predicted molar refractivity (Wildman–Crippen MR) is 135 cm³/mol. The van der Waals surface area contributed by atoms with Crippen LogP contribution in [0.2, 0.25) is 0 Å². The van der Waals surface area contributed by atoms with E-state index in [9.17, 15) is 18.8 Å². The summed E-state index contributed by atoms with van der Waals surface area (Å²) in [6.07, 6.45) is 0. The molecular weight excluding hydrogens is 519 g/mol. The van der Waals surface area contributed by atoms with Crippen LogP contribution in [0.15, 0.2) is 77.3 Å². The first-order valence-electron chi connectivity index (χ1n) is 10.6. The van der Waals surface area contributed by atoms with Crippen molar-refractivity contribution >= 4 is 55.9 Å². The highest BCUT2D eigenvalue weighted by atomic mass is 79.9. The molecule has 0 aliphatic rings. The lowest BCUT2D eigenvalue weighted by atomic mass is 10.2. The summed E-state index contributed by atoms with van der Waals surface area (Å²) in [5, 5.41) is 5.76. The van der Waals surface area contributed by atoms with E-state index in [1.165, 1.54) is 22.9 Å². The number of nitrogens with zero attached hydrogens (tertiary/aromatic N) is 1. The standard InChI is InChI=1S/C25H20BrFN4O4/c1-2-35-20-9-7-18(8-10-20)28-23(32)22-13-15-12-16(26)6-11-21(15)31(22)30-25(34)24(33)29-19-5-3-4-17(27)14-19/h3-14H,2H2,1H3,(H,28,32)(H,29,33)(H,30,34). The Morgan fingerprint density at radius 1 is 0.914 bits per heavy atom. The lowest BCUT2D eigenvalue weighted by Crippen LogP contribution is -2.36. The van der Waals surface area contributed by atoms with Gasteiger partial charge in [0.15, 0.2) is 0 Å². The quantitative estimate of drug-likeness (QED) is 0.304. The number of carbonyl (C=O) groups is 3. The monoisotopic (exact) mass is 538 g/mol. The van der Waals surface area contributed by atoms with Gasteiger partial charge < -0.3 is 15.4 Å². The van der Waals surface area contributed by atoms with Gasteiger partial charge in [-0.25, -0.2) is 9.07 Å². The second kappa shape index (κ2) is 10.4. The van der Waals surface area contributed by atoms with Crippen LogP contribution in [-0.2, 0) is 9.59 Å². The van der Waals surface area contributed by atoms with Crippen LogP contribution in [0.4, 0.5) is 15.8 Å². The lowest BCUT2D eigenvalue weighted by molar-refractivity contribution is -0.133. The molecule has 0 spiro atoms. The molecule has 178 valence electrons. The van der Waals surface area contributed by atoms with Gasteiger partial charge in [0.1, 0.15) is 17.3 Å². The molecule has 0 bridgehead atoms. The third-order valence-electron chi connectivity index (χ3n) is 4.92. The number of benzene rings is 3. The van der Waals surface area contributed by atoms with Crippen LogP contribution in [-0.4, -0.2) is 29.0 Å². The van der Waals surface area contributed by atoms with Gasteiger partial charge in [-0.05, 0) is 73.7 Å². The van der Waals surface area contributed by atoms with Gasteiger partial charge in [0.25, 0.3) is 5.91 Å². The van der Waals surface area contributed by atoms with Gasteiger partial charge in [-0.3, -0.25) is 19.8 Å². The van der Waals surface area contributed by atoms with Gasteiger partial charge in [0.2, 0.25) is 0 Å². The number of halogens is 2. The first kappa shape index (κ1) is 24.0. The maximum Gasteiger partial charge on any atom is 0.328 e. The van der Waals surface area contributed by atoms with E-state index in [-0.39, 0.29) is 11.4 Å². The zero-order valence-electron chi connectivity index (χ0n) is 18.5. The zero-order chi connectivity index (χ0) is 24.9. The first-order valence-corrected chi connectivity index (χ1v) is 11.4. The van der Waals surface area contributed by atoms with Crippen molar-refractivity contribution < 1.29 is 23.5 Å². The number of hydrogen-bond donors (Lipinski definition) is 3. The first-order chi connectivity index (χ1) is 16.8. The van der Waals surface area contributed by atoms with E-state index in [0.29, 0.717) is 28.9 Å². The average molecular weight is 539 g/mol. The van der Waals surface area contributed by atoms with Gasteiger partial charge in [0, 0.05) is 21.2 Å². The Morgan fingerprint density at radius 3 is 2.40 bits per heavy atom. The molecule has 3 N–H and O–H groups in total. The summed E-state index contributed by atoms with van der Waals surface area (Å²) in [5.74, 6) is -2.45. The molecular formula is C25H20BrFN4O4. The highest BCUT2D eigenvalue weighted by Crippen LogP contribution is 2.24. The van der Waals surface area contributed by atoms with E-state index < -0.39 is 23.5 Å². The lowest BCUT2D eigenvalue weighted by Gasteiger charge is -2.13. The van der Waals surface area contributed by atoms with Crippen molar-refractivity contribution in [3.8, 4) is 5.75 Å². The number of amides is 3. The number of carbonyl (C=O) groups excluding carboxylic acids is 3. The number of aromatic nitrogens is 1. The number of fused-ring (bicyclic) bond motifs is 1. The van der Waals surface area contributed by atoms with Crippen molar-refractivity contribution in [1.29, 1.82) is 0 Å². The molecule has 35 heavy (non-hydrogen) atoms. The van der Waals surface area contributed by atoms with Crippen molar-refractivity contribution in [2.75, 3.05) is 22.7 Å². The van der Waals surface area contributed by atoms with Crippen LogP contribution in [0.25, 0.3) is 10.9 Å². The molecule has 0 radical (unpaired) electrons. The molecule has 0 aliphatic carbocycles. The fraction of sp³-hybridized carbons (Fsp3) is 0.0800. The summed E-state index contributed by atoms with van der Waals surface area (Å²) in [4.78, 5) is 38.2. The van der Waals surface area contributed by atoms with Crippen LogP contribution in [0.1, 0.15) is 17.4 Å². The molecule has 1 heterocycles. The minimum atomic E-state index is -1.04. The minimum Gasteiger partial charge on any atom is -0.494 e. The Morgan fingerprint density at radius 2 is 1.69 bits per heavy atom. The summed E-state index contributed by atoms with van der Waals surface area (Å²) >= 11 is 3.39. The number of hydrogen-bond acceptors (Lipinski definition) is 4. The SMILES string of the molecule is CCOc1ccc(NC(=O)c2cc3cc(Br)ccc3n2NC(=O)C(=O)Nc2cccc(F)c2)cc1. The minimum absolute atomic E-state index is 0.0962. The number of ether oxygens (including phenoxy) is 1. The van der Waals surface area contributed by atoms with Crippen LogP contribution >= 0.6 is 15.9 Å². The van der Waals surface area contributed by atoms with Crippen molar-refractivity contribution in [3.05, 3.63) is 88.8 Å². The third-order valence-corrected chi connectivity index (χ3v) is 5.41. The molecule has 3 amide bonds. The molecule has 0 fully saturated rings. The molecule has 8 nitrogen and oxygen atoms in total. The Labute approximate surface area is 208 Å². The second-order valence-electron chi connectivity index (χ2n) is 7.39. The molecule has 3 aromatic carbocycles. The van der Waals surface area contributed by atoms with E-state index in [4.69, 9.17) is 4.74 Å². The number of rotatable bonds is 6. The highest BCUT2D eigenvalue weighted by molar-refractivity contribution is 9.10. The Hall–Kier alpha value is -4.18. The summed E-state index contributed by atoms with van der Waals surface area (Å²) in [5.41, 5.74) is 3.69. The van der Waals surface area contributed by atoms with Gasteiger partial charge in [0.05, 0.1) is 12.1 Å². The summed E-state index contributed by atoms with van der Waals surface area (Å²) in [7, 11) is 0. The Bertz CT molecular complexity index is 1420. The molecule has 0 atom stereocenters. The molecule has 0 unspecified atom stereocenters. The fourth-order valence-electron chi connectivity index (χ4n) is 3.38. The van der Waals surface area contributed by atoms with Gasteiger partial charge >= 0.3 is 11.8 Å². The van der Waals surface area contributed by atoms with E-state index in [0.717, 1.165) is 10.5 Å².